The smallest absolute Gasteiger partial charge is 0.407 e. The molecule has 0 saturated carbocycles. The third-order valence-electron chi connectivity index (χ3n) is 12.2. The first-order valence-corrected chi connectivity index (χ1v) is 21.8. The number of carbonyl (C=O) groups is 2. The van der Waals surface area contributed by atoms with E-state index in [0.29, 0.717) is 25.8 Å². The van der Waals surface area contributed by atoms with Crippen LogP contribution in [0, 0.1) is 13.8 Å². The number of carbonyl (C=O) groups excluding carboxylic acids is 2. The van der Waals surface area contributed by atoms with Crippen LogP contribution in [0.4, 0.5) is 4.79 Å². The Morgan fingerprint density at radius 3 is 1.60 bits per heavy atom. The molecule has 0 heterocycles. The van der Waals surface area contributed by atoms with Crippen molar-refractivity contribution in [2.45, 2.75) is 56.7 Å². The van der Waals surface area contributed by atoms with Gasteiger partial charge in [0, 0.05) is 5.92 Å². The quantitative estimate of drug-likeness (QED) is 0.0540. The summed E-state index contributed by atoms with van der Waals surface area (Å²) >= 11 is 0. The summed E-state index contributed by atoms with van der Waals surface area (Å²) in [5, 5.41) is 6.89. The number of hydrogen-bond acceptors (Lipinski definition) is 6. The predicted octanol–water partition coefficient (Wildman–Crippen LogP) is 11.6. The minimum absolute atomic E-state index is 0.118. The van der Waals surface area contributed by atoms with Gasteiger partial charge in [-0.1, -0.05) is 181 Å². The minimum Gasteiger partial charge on any atom is -0.497 e. The molecule has 1 aliphatic rings. The van der Waals surface area contributed by atoms with Gasteiger partial charge in [0.15, 0.2) is 6.10 Å². The number of amides is 1. The first kappa shape index (κ1) is 42.7. The van der Waals surface area contributed by atoms with Crippen molar-refractivity contribution in [1.82, 2.24) is 10.6 Å². The van der Waals surface area contributed by atoms with Gasteiger partial charge < -0.3 is 19.5 Å². The van der Waals surface area contributed by atoms with Crippen molar-refractivity contribution in [3.05, 3.63) is 232 Å². The molecule has 0 spiro atoms. The van der Waals surface area contributed by atoms with Crippen molar-refractivity contribution in [2.24, 2.45) is 0 Å². The van der Waals surface area contributed by atoms with Crippen molar-refractivity contribution in [3.63, 3.8) is 0 Å². The van der Waals surface area contributed by atoms with Gasteiger partial charge in [0.05, 0.1) is 12.6 Å². The molecule has 8 rings (SSSR count). The van der Waals surface area contributed by atoms with E-state index in [1.165, 1.54) is 0 Å². The number of aryl methyl sites for hydroxylation is 2. The number of alkyl carbamates (subject to hydrolysis) is 1. The number of rotatable bonds is 17. The zero-order valence-corrected chi connectivity index (χ0v) is 36.1. The Morgan fingerprint density at radius 1 is 0.587 bits per heavy atom. The SMILES string of the molecule is COc1ccc(C(NCCCC[C@H](NC(=O)OCC2c3ccccc3-c3ccccc32)C(=O)OC(c2ccc(C)cc2)c2ccc(C)cc2)(c2ccccc2)c2ccccc2)cc1. The Morgan fingerprint density at radius 2 is 1.08 bits per heavy atom. The van der Waals surface area contributed by atoms with Crippen molar-refractivity contribution in [3.8, 4) is 16.9 Å². The van der Waals surface area contributed by atoms with E-state index in [0.717, 1.165) is 66.9 Å². The van der Waals surface area contributed by atoms with Crippen molar-refractivity contribution in [2.75, 3.05) is 20.3 Å². The number of benzene rings is 7. The van der Waals surface area contributed by atoms with Gasteiger partial charge in [0.2, 0.25) is 0 Å². The number of esters is 1. The van der Waals surface area contributed by atoms with Crippen molar-refractivity contribution < 1.29 is 23.8 Å². The Hall–Kier alpha value is -6.96. The molecule has 63 heavy (non-hydrogen) atoms. The van der Waals surface area contributed by atoms with Crippen LogP contribution in [-0.4, -0.2) is 38.4 Å². The van der Waals surface area contributed by atoms with Gasteiger partial charge >= 0.3 is 12.1 Å². The number of nitrogens with one attached hydrogen (secondary N) is 2. The van der Waals surface area contributed by atoms with Gasteiger partial charge in [-0.25, -0.2) is 9.59 Å². The summed E-state index contributed by atoms with van der Waals surface area (Å²) < 4.78 is 17.9. The summed E-state index contributed by atoms with van der Waals surface area (Å²) in [6.45, 7) is 4.80. The summed E-state index contributed by atoms with van der Waals surface area (Å²) in [4.78, 5) is 28.3. The maximum absolute atomic E-state index is 14.5. The highest BCUT2D eigenvalue weighted by atomic mass is 16.6. The number of methoxy groups -OCH3 is 1. The second-order valence-corrected chi connectivity index (χ2v) is 16.3. The Bertz CT molecular complexity index is 2460. The summed E-state index contributed by atoms with van der Waals surface area (Å²) in [5.74, 6) is 0.138. The fraction of sp³-hybridized carbons (Fsp3) is 0.214. The van der Waals surface area contributed by atoms with Crippen LogP contribution in [0.3, 0.4) is 0 Å². The van der Waals surface area contributed by atoms with Crippen LogP contribution in [0.25, 0.3) is 11.1 Å². The summed E-state index contributed by atoms with van der Waals surface area (Å²) in [6.07, 6.45) is 0.316. The lowest BCUT2D eigenvalue weighted by molar-refractivity contribution is -0.150. The molecule has 0 radical (unpaired) electrons. The number of unbranched alkanes of at least 4 members (excludes halogenated alkanes) is 1. The zero-order chi connectivity index (χ0) is 43.6. The molecule has 7 heteroatoms. The van der Waals surface area contributed by atoms with E-state index in [2.05, 4.69) is 95.6 Å². The normalized spacial score (nSPS) is 12.6. The van der Waals surface area contributed by atoms with Crippen LogP contribution < -0.4 is 15.4 Å². The highest BCUT2D eigenvalue weighted by Gasteiger charge is 2.36. The van der Waals surface area contributed by atoms with Crippen molar-refractivity contribution >= 4 is 12.1 Å². The monoisotopic (exact) mass is 834 g/mol. The van der Waals surface area contributed by atoms with E-state index in [4.69, 9.17) is 14.2 Å². The highest BCUT2D eigenvalue weighted by molar-refractivity contribution is 5.82. The van der Waals surface area contributed by atoms with Gasteiger partial charge in [-0.15, -0.1) is 0 Å². The van der Waals surface area contributed by atoms with Gasteiger partial charge in [-0.3, -0.25) is 5.32 Å². The molecule has 0 fully saturated rings. The molecular formula is C56H54N2O5. The molecule has 7 aromatic rings. The van der Waals surface area contributed by atoms with Crippen molar-refractivity contribution in [1.29, 1.82) is 0 Å². The molecule has 7 nitrogen and oxygen atoms in total. The lowest BCUT2D eigenvalue weighted by atomic mass is 9.77. The fourth-order valence-corrected chi connectivity index (χ4v) is 8.81. The van der Waals surface area contributed by atoms with Gasteiger partial charge in [-0.2, -0.15) is 0 Å². The van der Waals surface area contributed by atoms with E-state index in [9.17, 15) is 9.59 Å². The van der Waals surface area contributed by atoms with Crippen LogP contribution in [-0.2, 0) is 19.8 Å². The predicted molar refractivity (Wildman–Crippen MR) is 250 cm³/mol. The molecular weight excluding hydrogens is 781 g/mol. The van der Waals surface area contributed by atoms with E-state index in [1.807, 2.05) is 111 Å². The lowest BCUT2D eigenvalue weighted by Crippen LogP contribution is -2.45. The van der Waals surface area contributed by atoms with Crippen LogP contribution in [0.1, 0.15) is 81.4 Å². The van der Waals surface area contributed by atoms with E-state index >= 15 is 0 Å². The lowest BCUT2D eigenvalue weighted by Gasteiger charge is -2.37. The molecule has 0 aromatic heterocycles. The molecule has 1 aliphatic carbocycles. The summed E-state index contributed by atoms with van der Waals surface area (Å²) in [6, 6.07) is 60.6. The minimum atomic E-state index is -0.964. The Kier molecular flexibility index (Phi) is 13.4. The van der Waals surface area contributed by atoms with Crippen LogP contribution in [0.5, 0.6) is 5.75 Å². The molecule has 7 aromatic carbocycles. The average molecular weight is 835 g/mol. The van der Waals surface area contributed by atoms with Gasteiger partial charge in [0.1, 0.15) is 18.4 Å². The number of ether oxygens (including phenoxy) is 3. The topological polar surface area (TPSA) is 85.9 Å². The number of fused-ring (bicyclic) bond motifs is 3. The molecule has 0 saturated heterocycles. The maximum atomic E-state index is 14.5. The molecule has 2 N–H and O–H groups in total. The second kappa shape index (κ2) is 19.8. The molecule has 1 atom stereocenters. The van der Waals surface area contributed by atoms with E-state index < -0.39 is 29.7 Å². The molecule has 0 aliphatic heterocycles. The summed E-state index contributed by atoms with van der Waals surface area (Å²) in [7, 11) is 1.67. The average Bonchev–Trinajstić information content (AvgIpc) is 3.65. The van der Waals surface area contributed by atoms with Crippen LogP contribution in [0.2, 0.25) is 0 Å². The van der Waals surface area contributed by atoms with Gasteiger partial charge in [-0.05, 0) is 102 Å². The second-order valence-electron chi connectivity index (χ2n) is 16.3. The Labute approximate surface area is 371 Å². The standard InChI is InChI=1S/C56H54N2O5/c1-39-25-29-41(30-26-39)53(42-31-27-40(2)28-32-42)63-54(59)52(58-55(60)62-38-51-49-22-12-10-20-47(49)48-21-11-13-23-50(48)51)24-14-15-37-57-56(43-16-6-4-7-17-43,44-18-8-5-9-19-44)45-33-35-46(61-3)36-34-45/h4-13,16-23,25-36,51-53,57H,14-15,24,37-38H2,1-3H3,(H,58,60)/t52-/m0/s1. The first-order chi connectivity index (χ1) is 30.8. The molecule has 0 unspecified atom stereocenters. The largest absolute Gasteiger partial charge is 0.497 e. The number of hydrogen-bond donors (Lipinski definition) is 2. The molecule has 318 valence electrons. The van der Waals surface area contributed by atoms with E-state index in [1.54, 1.807) is 7.11 Å². The van der Waals surface area contributed by atoms with E-state index in [-0.39, 0.29) is 12.5 Å². The molecule has 0 bridgehead atoms. The third-order valence-corrected chi connectivity index (χ3v) is 12.2. The highest BCUT2D eigenvalue weighted by Crippen LogP contribution is 2.44. The maximum Gasteiger partial charge on any atom is 0.407 e. The molecule has 1 amide bonds. The third kappa shape index (κ3) is 9.59. The Balaban J connectivity index is 1.02. The zero-order valence-electron chi connectivity index (χ0n) is 36.1. The fourth-order valence-electron chi connectivity index (χ4n) is 8.81. The van der Waals surface area contributed by atoms with Gasteiger partial charge in [0.25, 0.3) is 0 Å². The first-order valence-electron chi connectivity index (χ1n) is 21.8. The van der Waals surface area contributed by atoms with Crippen LogP contribution in [0.15, 0.2) is 182 Å². The summed E-state index contributed by atoms with van der Waals surface area (Å²) in [5.41, 5.74) is 11.0. The van der Waals surface area contributed by atoms with Crippen LogP contribution >= 0.6 is 0 Å².